The maximum absolute atomic E-state index is 11.2. The Balaban J connectivity index is 2.66. The lowest BCUT2D eigenvalue weighted by Crippen LogP contribution is -2.48. The third-order valence-electron chi connectivity index (χ3n) is 3.60. The van der Waals surface area contributed by atoms with Gasteiger partial charge in [0, 0.05) is 33.0 Å². The fourth-order valence-corrected chi connectivity index (χ4v) is 3.04. The number of nitrogens with zero attached hydrogens (tertiary/aromatic N) is 1. The first-order valence-corrected chi connectivity index (χ1v) is 7.96. The number of hydrogen-bond acceptors (Lipinski definition) is 4. The molecule has 0 aliphatic carbocycles. The van der Waals surface area contributed by atoms with Gasteiger partial charge in [-0.3, -0.25) is 4.79 Å². The van der Waals surface area contributed by atoms with Gasteiger partial charge in [0.1, 0.15) is 6.10 Å². The Kier molecular flexibility index (Phi) is 7.94. The smallest absolute Gasteiger partial charge is 0.302 e. The molecule has 0 bridgehead atoms. The molecule has 3 unspecified atom stereocenters. The molecule has 1 fully saturated rings. The van der Waals surface area contributed by atoms with Crippen molar-refractivity contribution in [3.8, 4) is 0 Å². The van der Waals surface area contributed by atoms with Gasteiger partial charge in [-0.05, 0) is 30.4 Å². The third-order valence-corrected chi connectivity index (χ3v) is 4.11. The molecule has 1 aliphatic heterocycles. The minimum absolute atomic E-state index is 0.0118. The first-order chi connectivity index (χ1) is 9.08. The van der Waals surface area contributed by atoms with Crippen molar-refractivity contribution >= 4 is 28.6 Å². The second-order valence-corrected chi connectivity index (χ2v) is 5.80. The normalized spacial score (nSPS) is 26.5. The number of esters is 1. The number of allylic oxidation sites excluding steroid dienone is 1. The van der Waals surface area contributed by atoms with Crippen LogP contribution in [-0.2, 0) is 14.3 Å². The number of halogens is 1. The molecule has 0 radical (unpaired) electrons. The average Bonchev–Trinajstić information content (AvgIpc) is 2.37. The summed E-state index contributed by atoms with van der Waals surface area (Å²) >= 11 is 2.23. The monoisotopic (exact) mass is 377 g/mol. The highest BCUT2D eigenvalue weighted by Crippen LogP contribution is 2.26. The van der Waals surface area contributed by atoms with Crippen molar-refractivity contribution in [2.75, 3.05) is 27.2 Å². The second-order valence-electron chi connectivity index (χ2n) is 5.08. The molecule has 1 saturated heterocycles. The van der Waals surface area contributed by atoms with Crippen molar-refractivity contribution in [2.24, 2.45) is 5.92 Å². The highest BCUT2D eigenvalue weighted by Gasteiger charge is 2.35. The molecule has 0 aromatic carbocycles. The van der Waals surface area contributed by atoms with Gasteiger partial charge in [0.05, 0.1) is 6.10 Å². The van der Waals surface area contributed by atoms with E-state index in [9.17, 15) is 4.79 Å². The van der Waals surface area contributed by atoms with Gasteiger partial charge in [-0.15, -0.1) is 0 Å². The van der Waals surface area contributed by atoms with E-state index in [1.807, 2.05) is 4.08 Å². The zero-order chi connectivity index (χ0) is 14.3. The molecule has 1 heterocycles. The van der Waals surface area contributed by atoms with Crippen LogP contribution in [0.4, 0.5) is 0 Å². The van der Waals surface area contributed by atoms with Crippen LogP contribution in [-0.4, -0.2) is 50.3 Å². The van der Waals surface area contributed by atoms with Crippen LogP contribution in [0, 0.1) is 5.92 Å². The zero-order valence-electron chi connectivity index (χ0n) is 12.0. The Morgan fingerprint density at radius 3 is 2.89 bits per heavy atom. The molecule has 0 saturated carbocycles. The first kappa shape index (κ1) is 16.9. The molecule has 0 spiro atoms. The highest BCUT2D eigenvalue weighted by molar-refractivity contribution is 14.1. The third kappa shape index (κ3) is 5.79. The van der Waals surface area contributed by atoms with Crippen LogP contribution >= 0.6 is 22.6 Å². The molecular weight excluding hydrogens is 353 g/mol. The number of rotatable bonds is 6. The van der Waals surface area contributed by atoms with Gasteiger partial charge in [0.2, 0.25) is 0 Å². The SMILES string of the molecule is COC(CCC=C[123I])C1CN(C)CCC1OC(C)=O. The van der Waals surface area contributed by atoms with E-state index < -0.39 is 0 Å². The van der Waals surface area contributed by atoms with E-state index >= 15 is 0 Å². The van der Waals surface area contributed by atoms with Gasteiger partial charge < -0.3 is 14.4 Å². The molecule has 3 atom stereocenters. The van der Waals surface area contributed by atoms with E-state index in [1.54, 1.807) is 7.11 Å². The van der Waals surface area contributed by atoms with Crippen molar-refractivity contribution in [3.05, 3.63) is 10.2 Å². The van der Waals surface area contributed by atoms with Gasteiger partial charge in [-0.25, -0.2) is 0 Å². The minimum atomic E-state index is -0.193. The summed E-state index contributed by atoms with van der Waals surface area (Å²) in [6, 6.07) is 0. The molecule has 0 amide bonds. The summed E-state index contributed by atoms with van der Waals surface area (Å²) in [5.41, 5.74) is 0. The van der Waals surface area contributed by atoms with E-state index in [-0.39, 0.29) is 24.1 Å². The Bertz CT molecular complexity index is 309. The summed E-state index contributed by atoms with van der Waals surface area (Å²) in [6.45, 7) is 3.37. The number of ether oxygens (including phenoxy) is 2. The van der Waals surface area contributed by atoms with Gasteiger partial charge in [0.25, 0.3) is 0 Å². The molecule has 1 rings (SSSR count). The maximum atomic E-state index is 11.2. The van der Waals surface area contributed by atoms with Crippen molar-refractivity contribution in [2.45, 2.75) is 38.4 Å². The van der Waals surface area contributed by atoms with Gasteiger partial charge in [-0.2, -0.15) is 0 Å². The fraction of sp³-hybridized carbons (Fsp3) is 0.786. The van der Waals surface area contributed by atoms with E-state index in [1.165, 1.54) is 6.92 Å². The molecule has 4 nitrogen and oxygen atoms in total. The molecule has 0 aromatic rings. The summed E-state index contributed by atoms with van der Waals surface area (Å²) < 4.78 is 13.1. The van der Waals surface area contributed by atoms with Crippen LogP contribution in [0.2, 0.25) is 0 Å². The predicted molar refractivity (Wildman–Crippen MR) is 84.3 cm³/mol. The van der Waals surface area contributed by atoms with Gasteiger partial charge in [0.15, 0.2) is 0 Å². The number of carbonyl (C=O) groups excluding carboxylic acids is 1. The topological polar surface area (TPSA) is 38.8 Å². The predicted octanol–water partition coefficient (Wildman–Crippen LogP) is 2.61. The molecule has 5 heteroatoms. The second kappa shape index (κ2) is 8.92. The standard InChI is InChI=1S/C14H24INO3/c1-11(17)19-14-7-9-16(2)10-12(14)13(18-3)6-4-5-8-15/h5,8,12-14H,4,6-7,9-10H2,1-3H3/i15-4. The lowest BCUT2D eigenvalue weighted by atomic mass is 9.87. The number of piperidine rings is 1. The Morgan fingerprint density at radius 2 is 2.32 bits per heavy atom. The Labute approximate surface area is 129 Å². The Hall–Kier alpha value is -0.140. The van der Waals surface area contributed by atoms with Crippen LogP contribution in [0.5, 0.6) is 0 Å². The molecule has 19 heavy (non-hydrogen) atoms. The van der Waals surface area contributed by atoms with Crippen LogP contribution in [0.3, 0.4) is 0 Å². The largest absolute Gasteiger partial charge is 0.462 e. The lowest BCUT2D eigenvalue weighted by molar-refractivity contribution is -0.156. The maximum Gasteiger partial charge on any atom is 0.302 e. The number of likely N-dealkylation sites (tertiary alicyclic amines) is 1. The number of methoxy groups -OCH3 is 1. The van der Waals surface area contributed by atoms with Crippen molar-refractivity contribution in [1.29, 1.82) is 0 Å². The van der Waals surface area contributed by atoms with E-state index in [4.69, 9.17) is 9.47 Å². The van der Waals surface area contributed by atoms with Crippen molar-refractivity contribution < 1.29 is 14.3 Å². The summed E-state index contributed by atoms with van der Waals surface area (Å²) in [6.07, 6.45) is 5.12. The summed E-state index contributed by atoms with van der Waals surface area (Å²) in [4.78, 5) is 13.5. The minimum Gasteiger partial charge on any atom is -0.462 e. The first-order valence-electron chi connectivity index (χ1n) is 6.72. The molecule has 110 valence electrons. The molecule has 0 aromatic heterocycles. The van der Waals surface area contributed by atoms with Crippen molar-refractivity contribution in [1.82, 2.24) is 4.90 Å². The van der Waals surface area contributed by atoms with Crippen LogP contribution in [0.25, 0.3) is 0 Å². The summed E-state index contributed by atoms with van der Waals surface area (Å²) in [7, 11) is 3.85. The summed E-state index contributed by atoms with van der Waals surface area (Å²) in [5.74, 6) is 0.0665. The lowest BCUT2D eigenvalue weighted by Gasteiger charge is -2.39. The molecule has 1 aliphatic rings. The summed E-state index contributed by atoms with van der Waals surface area (Å²) in [5, 5.41) is 0. The number of carbonyl (C=O) groups is 1. The van der Waals surface area contributed by atoms with Crippen LogP contribution < -0.4 is 0 Å². The zero-order valence-corrected chi connectivity index (χ0v) is 14.1. The molecule has 0 N–H and O–H groups in total. The van der Waals surface area contributed by atoms with Gasteiger partial charge in [-0.1, -0.05) is 28.7 Å². The molecular formula is C14H24INO3. The average molecular weight is 377 g/mol. The van der Waals surface area contributed by atoms with Crippen molar-refractivity contribution in [3.63, 3.8) is 0 Å². The quantitative estimate of drug-likeness (QED) is 0.527. The Morgan fingerprint density at radius 1 is 1.58 bits per heavy atom. The highest BCUT2D eigenvalue weighted by atomic mass is 123. The number of hydrogen-bond donors (Lipinski definition) is 0. The fourth-order valence-electron chi connectivity index (χ4n) is 2.68. The van der Waals surface area contributed by atoms with E-state index in [2.05, 4.69) is 40.6 Å². The van der Waals surface area contributed by atoms with Crippen LogP contribution in [0.1, 0.15) is 26.2 Å². The van der Waals surface area contributed by atoms with Crippen LogP contribution in [0.15, 0.2) is 10.2 Å². The van der Waals surface area contributed by atoms with E-state index in [0.717, 1.165) is 32.4 Å². The van der Waals surface area contributed by atoms with Gasteiger partial charge >= 0.3 is 5.97 Å². The van der Waals surface area contributed by atoms with E-state index in [0.29, 0.717) is 0 Å².